The van der Waals surface area contributed by atoms with E-state index in [2.05, 4.69) is 24.9 Å². The number of carbonyl (C=O) groups excluding carboxylic acids is 1. The molecule has 17 heteroatoms. The van der Waals surface area contributed by atoms with Gasteiger partial charge in [-0.15, -0.1) is 0 Å². The zero-order chi connectivity index (χ0) is 23.9. The molecule has 4 heterocycles. The van der Waals surface area contributed by atoms with Crippen LogP contribution in [0.4, 0.5) is 5.95 Å². The van der Waals surface area contributed by atoms with Crippen molar-refractivity contribution in [3.05, 3.63) is 34.9 Å². The zero-order valence-corrected chi connectivity index (χ0v) is 17.9. The Morgan fingerprint density at radius 2 is 2.21 bits per heavy atom. The number of H-pyrrole nitrogens is 2. The molecule has 1 aliphatic heterocycles. The number of aromatic nitrogens is 6. The van der Waals surface area contributed by atoms with Gasteiger partial charge in [0.15, 0.2) is 11.2 Å². The summed E-state index contributed by atoms with van der Waals surface area (Å²) in [7, 11) is -5.09. The number of aliphatic hydroxyl groups is 1. The Balaban J connectivity index is 1.53. The van der Waals surface area contributed by atoms with Crippen molar-refractivity contribution in [1.82, 2.24) is 34.2 Å². The van der Waals surface area contributed by atoms with E-state index in [1.54, 1.807) is 0 Å². The van der Waals surface area contributed by atoms with Crippen LogP contribution in [0.3, 0.4) is 0 Å². The molecule has 9 N–H and O–H groups in total. The van der Waals surface area contributed by atoms with Gasteiger partial charge in [0, 0.05) is 24.7 Å². The number of anilines is 1. The number of hydrogen-bond donors (Lipinski definition) is 7. The Morgan fingerprint density at radius 1 is 1.45 bits per heavy atom. The van der Waals surface area contributed by atoms with Gasteiger partial charge in [-0.05, 0) is 0 Å². The van der Waals surface area contributed by atoms with Crippen LogP contribution in [0.2, 0.25) is 0 Å². The van der Waals surface area contributed by atoms with E-state index in [0.717, 1.165) is 0 Å². The number of nitrogens with one attached hydrogen (secondary N) is 2. The van der Waals surface area contributed by atoms with Gasteiger partial charge >= 0.3 is 7.75 Å². The van der Waals surface area contributed by atoms with E-state index < -0.39 is 50.2 Å². The third-order valence-electron chi connectivity index (χ3n) is 5.20. The SMILES string of the molecule is Nc1nc2c(ncn2[C@H]2CC(O)[C@@H](CN(C(=O)[C@@H](N)Cc3cnc[nH]3)P(=O)(O)O)O2)c(=O)[nH]1. The molecule has 1 unspecified atom stereocenters. The van der Waals surface area contributed by atoms with Crippen molar-refractivity contribution in [3.8, 4) is 0 Å². The summed E-state index contributed by atoms with van der Waals surface area (Å²) in [4.78, 5) is 61.1. The van der Waals surface area contributed by atoms with E-state index in [9.17, 15) is 29.0 Å². The van der Waals surface area contributed by atoms with Gasteiger partial charge < -0.3 is 36.1 Å². The number of fused-ring (bicyclic) bond motifs is 1. The van der Waals surface area contributed by atoms with Crippen LogP contribution in [0.5, 0.6) is 0 Å². The Bertz CT molecular complexity index is 1250. The van der Waals surface area contributed by atoms with E-state index >= 15 is 0 Å². The quantitative estimate of drug-likeness (QED) is 0.173. The van der Waals surface area contributed by atoms with Crippen molar-refractivity contribution >= 4 is 30.8 Å². The molecular weight excluding hydrogens is 461 g/mol. The maximum atomic E-state index is 12.7. The van der Waals surface area contributed by atoms with Crippen LogP contribution >= 0.6 is 7.75 Å². The number of imidazole rings is 2. The van der Waals surface area contributed by atoms with Crippen molar-refractivity contribution in [2.24, 2.45) is 5.73 Å². The van der Waals surface area contributed by atoms with Crippen molar-refractivity contribution < 1.29 is 29.0 Å². The lowest BCUT2D eigenvalue weighted by atomic mass is 10.1. The minimum Gasteiger partial charge on any atom is -0.390 e. The highest BCUT2D eigenvalue weighted by atomic mass is 31.2. The first-order valence-electron chi connectivity index (χ1n) is 9.70. The predicted octanol–water partition coefficient (Wildman–Crippen LogP) is -2.44. The van der Waals surface area contributed by atoms with Gasteiger partial charge in [0.25, 0.3) is 5.56 Å². The fourth-order valence-electron chi connectivity index (χ4n) is 3.61. The molecule has 33 heavy (non-hydrogen) atoms. The Morgan fingerprint density at radius 3 is 2.88 bits per heavy atom. The highest BCUT2D eigenvalue weighted by Crippen LogP contribution is 2.42. The number of hydrogen-bond acceptors (Lipinski definition) is 10. The third kappa shape index (κ3) is 4.66. The summed E-state index contributed by atoms with van der Waals surface area (Å²) in [6, 6.07) is -1.27. The number of nitrogens with two attached hydrogens (primary N) is 2. The highest BCUT2D eigenvalue weighted by molar-refractivity contribution is 7.49. The maximum absolute atomic E-state index is 12.7. The van der Waals surface area contributed by atoms with Gasteiger partial charge in [-0.25, -0.2) is 19.2 Å². The largest absolute Gasteiger partial charge is 0.432 e. The van der Waals surface area contributed by atoms with Gasteiger partial charge in [0.2, 0.25) is 11.9 Å². The van der Waals surface area contributed by atoms with Crippen LogP contribution in [0.1, 0.15) is 18.3 Å². The van der Waals surface area contributed by atoms with E-state index in [1.165, 1.54) is 23.4 Å². The smallest absolute Gasteiger partial charge is 0.390 e. The van der Waals surface area contributed by atoms with Gasteiger partial charge in [-0.3, -0.25) is 19.1 Å². The summed E-state index contributed by atoms with van der Waals surface area (Å²) in [5.41, 5.74) is 11.5. The molecule has 3 aromatic rings. The number of nitrogen functional groups attached to an aromatic ring is 1. The van der Waals surface area contributed by atoms with Crippen LogP contribution in [-0.2, 0) is 20.5 Å². The molecule has 1 amide bonds. The molecule has 1 aliphatic rings. The highest BCUT2D eigenvalue weighted by Gasteiger charge is 2.42. The molecule has 0 aliphatic carbocycles. The Kier molecular flexibility index (Phi) is 6.04. The lowest BCUT2D eigenvalue weighted by molar-refractivity contribution is -0.131. The van der Waals surface area contributed by atoms with Gasteiger partial charge in [0.1, 0.15) is 12.3 Å². The van der Waals surface area contributed by atoms with E-state index in [1.807, 2.05) is 0 Å². The molecule has 0 bridgehead atoms. The predicted molar refractivity (Wildman–Crippen MR) is 111 cm³/mol. The van der Waals surface area contributed by atoms with Crippen molar-refractivity contribution in [2.75, 3.05) is 12.3 Å². The standard InChI is InChI=1S/C16H22N9O7P/c17-8(1-7-3-19-5-20-7)15(28)25(33(29,30)31)4-10-9(26)2-11(32-10)24-6-21-12-13(24)22-16(18)23-14(12)27/h3,5-6,8-11,26H,1-2,4,17H2,(H,19,20)(H2,29,30,31)(H3,18,22,23,27)/t8-,9?,10+,11+/m0/s1. The summed E-state index contributed by atoms with van der Waals surface area (Å²) in [5, 5.41) is 10.5. The second-order valence-corrected chi connectivity index (χ2v) is 9.04. The van der Waals surface area contributed by atoms with Crippen molar-refractivity contribution in [1.29, 1.82) is 0 Å². The molecule has 4 atom stereocenters. The Hall–Kier alpha value is -3.14. The molecule has 0 aromatic carbocycles. The summed E-state index contributed by atoms with van der Waals surface area (Å²) >= 11 is 0. The second kappa shape index (κ2) is 8.66. The normalized spacial score (nSPS) is 22.0. The topological polar surface area (TPSA) is 252 Å². The van der Waals surface area contributed by atoms with Gasteiger partial charge in [-0.1, -0.05) is 0 Å². The second-order valence-electron chi connectivity index (χ2n) is 7.53. The number of amides is 1. The number of carbonyl (C=O) groups is 1. The van der Waals surface area contributed by atoms with Crippen LogP contribution in [0, 0.1) is 0 Å². The molecular formula is C16H22N9O7P. The van der Waals surface area contributed by atoms with Crippen molar-refractivity contribution in [2.45, 2.75) is 37.3 Å². The number of rotatable bonds is 7. The number of ether oxygens (including phenoxy) is 1. The summed E-state index contributed by atoms with van der Waals surface area (Å²) in [5.74, 6) is -1.17. The van der Waals surface area contributed by atoms with E-state index in [-0.39, 0.29) is 34.6 Å². The number of nitrogens with zero attached hydrogens (tertiary/aromatic N) is 5. The molecule has 3 aromatic heterocycles. The Labute approximate surface area is 184 Å². The summed E-state index contributed by atoms with van der Waals surface area (Å²) in [6.45, 7) is -0.625. The van der Waals surface area contributed by atoms with Gasteiger partial charge in [-0.2, -0.15) is 4.98 Å². The minimum absolute atomic E-state index is 0.00235. The zero-order valence-electron chi connectivity index (χ0n) is 17.0. The summed E-state index contributed by atoms with van der Waals surface area (Å²) < 4.78 is 19.5. The van der Waals surface area contributed by atoms with Crippen LogP contribution in [0.25, 0.3) is 11.2 Å². The third-order valence-corrected chi connectivity index (χ3v) is 6.19. The fraction of sp³-hybridized carbons (Fsp3) is 0.438. The molecule has 0 radical (unpaired) electrons. The molecule has 1 fully saturated rings. The molecule has 178 valence electrons. The first-order valence-corrected chi connectivity index (χ1v) is 11.3. The molecule has 1 saturated heterocycles. The number of aliphatic hydroxyl groups excluding tert-OH is 1. The van der Waals surface area contributed by atoms with Crippen LogP contribution in [0.15, 0.2) is 23.6 Å². The molecule has 0 spiro atoms. The lowest BCUT2D eigenvalue weighted by Gasteiger charge is -2.29. The van der Waals surface area contributed by atoms with E-state index in [4.69, 9.17) is 16.2 Å². The molecule has 4 rings (SSSR count). The fourth-order valence-corrected chi connectivity index (χ4v) is 4.39. The average molecular weight is 483 g/mol. The van der Waals surface area contributed by atoms with Gasteiger partial charge in [0.05, 0.1) is 31.3 Å². The average Bonchev–Trinajstić information content (AvgIpc) is 3.45. The van der Waals surface area contributed by atoms with E-state index in [0.29, 0.717) is 5.69 Å². The number of aromatic amines is 2. The molecule has 16 nitrogen and oxygen atoms in total. The first-order chi connectivity index (χ1) is 15.5. The first kappa shape index (κ1) is 23.0. The maximum Gasteiger partial charge on any atom is 0.432 e. The minimum atomic E-state index is -5.09. The van der Waals surface area contributed by atoms with Crippen LogP contribution in [-0.4, -0.2) is 79.8 Å². The van der Waals surface area contributed by atoms with Crippen molar-refractivity contribution in [3.63, 3.8) is 0 Å². The van der Waals surface area contributed by atoms with Crippen LogP contribution < -0.4 is 17.0 Å². The lowest BCUT2D eigenvalue weighted by Crippen LogP contribution is -2.47. The monoisotopic (exact) mass is 483 g/mol. The summed E-state index contributed by atoms with van der Waals surface area (Å²) in [6.07, 6.45) is 0.800. The molecule has 0 saturated carbocycles.